The van der Waals surface area contributed by atoms with Crippen molar-refractivity contribution in [3.63, 3.8) is 0 Å². The van der Waals surface area contributed by atoms with Gasteiger partial charge in [0, 0.05) is 13.1 Å². The highest BCUT2D eigenvalue weighted by molar-refractivity contribution is 7.92. The van der Waals surface area contributed by atoms with Gasteiger partial charge in [0.2, 0.25) is 0 Å². The highest BCUT2D eigenvalue weighted by atomic mass is 35.5. The number of aromatic carboxylic acids is 1. The predicted molar refractivity (Wildman–Crippen MR) is 117 cm³/mol. The van der Waals surface area contributed by atoms with Gasteiger partial charge in [-0.15, -0.1) is 0 Å². The molecule has 0 aliphatic carbocycles. The maximum Gasteiger partial charge on any atom is 0.490 e. The summed E-state index contributed by atoms with van der Waals surface area (Å²) in [5.41, 5.74) is -0.0538. The fraction of sp³-hybridized carbons (Fsp3) is 0.316. The number of carbonyl (C=O) groups is 2. The lowest BCUT2D eigenvalue weighted by Crippen LogP contribution is -2.25. The van der Waals surface area contributed by atoms with Gasteiger partial charge in [0.1, 0.15) is 17.1 Å². The van der Waals surface area contributed by atoms with Crippen molar-refractivity contribution in [3.05, 3.63) is 41.0 Å². The molecule has 2 rings (SSSR count). The first-order chi connectivity index (χ1) is 15.7. The van der Waals surface area contributed by atoms with Crippen molar-refractivity contribution in [2.75, 3.05) is 29.8 Å². The van der Waals surface area contributed by atoms with Crippen LogP contribution in [0.2, 0.25) is 5.02 Å². The molecule has 34 heavy (non-hydrogen) atoms. The van der Waals surface area contributed by atoms with E-state index in [0.29, 0.717) is 18.8 Å². The lowest BCUT2D eigenvalue weighted by molar-refractivity contribution is -0.192. The van der Waals surface area contributed by atoms with Crippen LogP contribution in [0.25, 0.3) is 0 Å². The third-order valence-electron chi connectivity index (χ3n) is 4.09. The fourth-order valence-electron chi connectivity index (χ4n) is 2.47. The van der Waals surface area contributed by atoms with Crippen LogP contribution in [0.5, 0.6) is 5.75 Å². The average molecular weight is 528 g/mol. The molecule has 0 fully saturated rings. The van der Waals surface area contributed by atoms with Crippen LogP contribution in [0, 0.1) is 0 Å². The average Bonchev–Trinajstić information content (AvgIpc) is 2.74. The summed E-state index contributed by atoms with van der Waals surface area (Å²) in [5, 5.41) is 16.7. The molecule has 0 bridgehead atoms. The van der Waals surface area contributed by atoms with E-state index in [4.69, 9.17) is 26.2 Å². The maximum absolute atomic E-state index is 12.6. The Kier molecular flexibility index (Phi) is 9.94. The number of nitrogens with zero attached hydrogens (tertiary/aromatic N) is 2. The molecule has 0 atom stereocenters. The number of carboxylic acids is 2. The summed E-state index contributed by atoms with van der Waals surface area (Å²) in [6.07, 6.45) is -3.80. The van der Waals surface area contributed by atoms with Crippen molar-refractivity contribution < 1.29 is 46.1 Å². The first-order valence-corrected chi connectivity index (χ1v) is 11.2. The van der Waals surface area contributed by atoms with E-state index in [1.54, 1.807) is 4.90 Å². The second kappa shape index (κ2) is 11.7. The molecular weight excluding hydrogens is 507 g/mol. The number of methoxy groups -OCH3 is 1. The first kappa shape index (κ1) is 28.8. The maximum atomic E-state index is 12.6. The van der Waals surface area contributed by atoms with Crippen LogP contribution in [-0.4, -0.2) is 61.9 Å². The number of anilines is 2. The van der Waals surface area contributed by atoms with Gasteiger partial charge in [-0.3, -0.25) is 4.72 Å². The Morgan fingerprint density at radius 2 is 1.74 bits per heavy atom. The molecule has 0 spiro atoms. The fourth-order valence-corrected chi connectivity index (χ4v) is 3.86. The van der Waals surface area contributed by atoms with E-state index >= 15 is 0 Å². The van der Waals surface area contributed by atoms with Crippen molar-refractivity contribution in [2.45, 2.75) is 24.9 Å². The molecule has 188 valence electrons. The Morgan fingerprint density at radius 1 is 1.18 bits per heavy atom. The zero-order chi connectivity index (χ0) is 26.3. The molecule has 1 aromatic carbocycles. The molecule has 1 aromatic heterocycles. The van der Waals surface area contributed by atoms with E-state index in [-0.39, 0.29) is 27.0 Å². The number of aliphatic carboxylic acids is 1. The van der Waals surface area contributed by atoms with Gasteiger partial charge in [-0.05, 0) is 38.1 Å². The lowest BCUT2D eigenvalue weighted by Gasteiger charge is -2.22. The molecule has 0 aliphatic heterocycles. The smallest absolute Gasteiger partial charge is 0.490 e. The van der Waals surface area contributed by atoms with Crippen LogP contribution in [0.4, 0.5) is 24.7 Å². The highest BCUT2D eigenvalue weighted by Crippen LogP contribution is 2.28. The summed E-state index contributed by atoms with van der Waals surface area (Å²) in [5.74, 6) is -3.33. The summed E-state index contributed by atoms with van der Waals surface area (Å²) < 4.78 is 64.2. The van der Waals surface area contributed by atoms with Gasteiger partial charge in [0.25, 0.3) is 10.0 Å². The van der Waals surface area contributed by atoms with Gasteiger partial charge in [0.15, 0.2) is 0 Å². The van der Waals surface area contributed by atoms with Crippen molar-refractivity contribution in [1.29, 1.82) is 0 Å². The number of hydrogen-bond acceptors (Lipinski definition) is 7. The number of nitrogens with one attached hydrogen (secondary N) is 1. The van der Waals surface area contributed by atoms with Crippen LogP contribution in [-0.2, 0) is 14.8 Å². The molecule has 15 heteroatoms. The van der Waals surface area contributed by atoms with E-state index in [9.17, 15) is 31.5 Å². The van der Waals surface area contributed by atoms with Gasteiger partial charge in [-0.1, -0.05) is 11.6 Å². The Hall–Kier alpha value is -3.26. The molecule has 2 aromatic rings. The standard InChI is InChI=1S/C17H20ClN3O5S.C2HF3O2/c1-4-21(5-2)16-13(17(22)23)8-11(10-19-16)20-27(24,25)12-6-7-15(26-3)14(18)9-12;3-2(4,5)1(6)7/h6-10,20H,4-5H2,1-3H3,(H,22,23);(H,6,7). The zero-order valence-corrected chi connectivity index (χ0v) is 19.6. The first-order valence-electron chi connectivity index (χ1n) is 9.32. The quantitative estimate of drug-likeness (QED) is 0.467. The second-order valence-electron chi connectivity index (χ2n) is 6.28. The van der Waals surface area contributed by atoms with Gasteiger partial charge in [0.05, 0.1) is 28.9 Å². The Labute approximate surface area is 198 Å². The number of aromatic nitrogens is 1. The summed E-state index contributed by atoms with van der Waals surface area (Å²) in [4.78, 5) is 26.3. The summed E-state index contributed by atoms with van der Waals surface area (Å²) in [6, 6.07) is 5.26. The number of hydrogen-bond donors (Lipinski definition) is 3. The minimum absolute atomic E-state index is 0.0373. The predicted octanol–water partition coefficient (Wildman–Crippen LogP) is 3.72. The number of carboxylic acid groups (broad SMARTS) is 2. The Morgan fingerprint density at radius 3 is 2.15 bits per heavy atom. The molecule has 1 heterocycles. The number of ether oxygens (including phenoxy) is 1. The minimum Gasteiger partial charge on any atom is -0.495 e. The number of pyridine rings is 1. The van der Waals surface area contributed by atoms with E-state index < -0.39 is 28.1 Å². The lowest BCUT2D eigenvalue weighted by atomic mass is 10.2. The minimum atomic E-state index is -5.08. The Balaban J connectivity index is 0.000000718. The zero-order valence-electron chi connectivity index (χ0n) is 18.1. The normalized spacial score (nSPS) is 11.1. The number of benzene rings is 1. The van der Waals surface area contributed by atoms with E-state index in [0.717, 1.165) is 0 Å². The molecular formula is C19H21ClF3N3O7S. The number of alkyl halides is 3. The molecule has 0 saturated heterocycles. The molecule has 0 unspecified atom stereocenters. The number of halogens is 4. The van der Waals surface area contributed by atoms with Crippen LogP contribution in [0.1, 0.15) is 24.2 Å². The summed E-state index contributed by atoms with van der Waals surface area (Å²) in [7, 11) is -2.56. The molecule has 10 nitrogen and oxygen atoms in total. The molecule has 0 saturated carbocycles. The van der Waals surface area contributed by atoms with Crippen LogP contribution < -0.4 is 14.4 Å². The third kappa shape index (κ3) is 7.66. The monoisotopic (exact) mass is 527 g/mol. The molecule has 0 radical (unpaired) electrons. The van der Waals surface area contributed by atoms with Crippen molar-refractivity contribution in [1.82, 2.24) is 4.98 Å². The highest BCUT2D eigenvalue weighted by Gasteiger charge is 2.38. The van der Waals surface area contributed by atoms with Crippen molar-refractivity contribution in [3.8, 4) is 5.75 Å². The second-order valence-corrected chi connectivity index (χ2v) is 8.37. The summed E-state index contributed by atoms with van der Waals surface area (Å²) >= 11 is 5.98. The van der Waals surface area contributed by atoms with Crippen molar-refractivity contribution >= 4 is 45.1 Å². The van der Waals surface area contributed by atoms with Crippen LogP contribution >= 0.6 is 11.6 Å². The Bertz CT molecular complexity index is 1140. The van der Waals surface area contributed by atoms with Gasteiger partial charge < -0.3 is 19.8 Å². The van der Waals surface area contributed by atoms with E-state index in [1.807, 2.05) is 13.8 Å². The summed E-state index contributed by atoms with van der Waals surface area (Å²) in [6.45, 7) is 4.89. The number of sulfonamides is 1. The van der Waals surface area contributed by atoms with Crippen LogP contribution in [0.3, 0.4) is 0 Å². The van der Waals surface area contributed by atoms with Crippen molar-refractivity contribution in [2.24, 2.45) is 0 Å². The largest absolute Gasteiger partial charge is 0.495 e. The van der Waals surface area contributed by atoms with Crippen LogP contribution in [0.15, 0.2) is 35.4 Å². The topological polar surface area (TPSA) is 146 Å². The SMILES string of the molecule is CCN(CC)c1ncc(NS(=O)(=O)c2ccc(OC)c(Cl)c2)cc1C(=O)O.O=C(O)C(F)(F)F. The van der Waals surface area contributed by atoms with Gasteiger partial charge in [-0.2, -0.15) is 13.2 Å². The molecule has 0 aliphatic rings. The van der Waals surface area contributed by atoms with Gasteiger partial charge in [-0.25, -0.2) is 23.0 Å². The van der Waals surface area contributed by atoms with E-state index in [1.165, 1.54) is 37.6 Å². The molecule has 0 amide bonds. The molecule has 3 N–H and O–H groups in total. The van der Waals surface area contributed by atoms with E-state index in [2.05, 4.69) is 9.71 Å². The number of rotatable bonds is 8. The third-order valence-corrected chi connectivity index (χ3v) is 5.76. The van der Waals surface area contributed by atoms with Gasteiger partial charge >= 0.3 is 18.1 Å².